The Bertz CT molecular complexity index is 1360. The zero-order valence-corrected chi connectivity index (χ0v) is 18.7. The van der Waals surface area contributed by atoms with E-state index in [2.05, 4.69) is 20.0 Å². The average Bonchev–Trinajstić information content (AvgIpc) is 3.44. The van der Waals surface area contributed by atoms with E-state index in [1.54, 1.807) is 0 Å². The molecule has 4 N–H and O–H groups in total. The number of para-hydroxylation sites is 1. The Labute approximate surface area is 202 Å². The molecule has 0 saturated carbocycles. The number of rotatable bonds is 10. The molecular formula is C24H21F3N4O5. The number of primary amides is 1. The number of amides is 2. The van der Waals surface area contributed by atoms with E-state index in [0.29, 0.717) is 18.6 Å². The first-order valence-electron chi connectivity index (χ1n) is 10.8. The predicted octanol–water partition coefficient (Wildman–Crippen LogP) is 3.63. The smallest absolute Gasteiger partial charge is 0.484 e. The Kier molecular flexibility index (Phi) is 7.13. The van der Waals surface area contributed by atoms with Crippen LogP contribution in [-0.4, -0.2) is 34.8 Å². The van der Waals surface area contributed by atoms with E-state index in [9.17, 15) is 22.8 Å². The van der Waals surface area contributed by atoms with Gasteiger partial charge in [-0.2, -0.15) is 0 Å². The van der Waals surface area contributed by atoms with Gasteiger partial charge in [0.05, 0.1) is 6.54 Å². The summed E-state index contributed by atoms with van der Waals surface area (Å²) in [5.74, 6) is -1.11. The Morgan fingerprint density at radius 3 is 2.50 bits per heavy atom. The van der Waals surface area contributed by atoms with E-state index in [-0.39, 0.29) is 23.9 Å². The van der Waals surface area contributed by atoms with Crippen molar-refractivity contribution in [3.63, 3.8) is 0 Å². The summed E-state index contributed by atoms with van der Waals surface area (Å²) in [6.07, 6.45) is -1.96. The van der Waals surface area contributed by atoms with E-state index < -0.39 is 30.5 Å². The molecule has 4 aromatic rings. The number of H-pyrrole nitrogens is 1. The minimum Gasteiger partial charge on any atom is -0.484 e. The number of aromatic amines is 1. The van der Waals surface area contributed by atoms with Gasteiger partial charge in [-0.25, -0.2) is 4.98 Å². The fraction of sp³-hybridized carbons (Fsp3) is 0.208. The Morgan fingerprint density at radius 2 is 1.78 bits per heavy atom. The Hall–Kier alpha value is -4.48. The molecule has 0 bridgehead atoms. The van der Waals surface area contributed by atoms with Crippen LogP contribution in [-0.2, 0) is 24.2 Å². The number of oxazole rings is 1. The summed E-state index contributed by atoms with van der Waals surface area (Å²) in [6, 6.07) is 12.4. The molecule has 0 spiro atoms. The number of ether oxygens (including phenoxy) is 2. The molecule has 188 valence electrons. The fourth-order valence-corrected chi connectivity index (χ4v) is 3.54. The largest absolute Gasteiger partial charge is 0.573 e. The second-order valence-electron chi connectivity index (χ2n) is 7.69. The van der Waals surface area contributed by atoms with Crippen molar-refractivity contribution in [2.24, 2.45) is 5.73 Å². The summed E-state index contributed by atoms with van der Waals surface area (Å²) in [6.45, 7) is -0.524. The van der Waals surface area contributed by atoms with Crippen molar-refractivity contribution in [2.75, 3.05) is 6.61 Å². The maximum Gasteiger partial charge on any atom is 0.573 e. The summed E-state index contributed by atoms with van der Waals surface area (Å²) in [4.78, 5) is 31.2. The van der Waals surface area contributed by atoms with Gasteiger partial charge in [-0.1, -0.05) is 18.2 Å². The minimum absolute atomic E-state index is 0.00324. The lowest BCUT2D eigenvalue weighted by molar-refractivity contribution is -0.274. The average molecular weight is 502 g/mol. The van der Waals surface area contributed by atoms with Crippen LogP contribution in [0.4, 0.5) is 13.2 Å². The van der Waals surface area contributed by atoms with Crippen molar-refractivity contribution in [2.45, 2.75) is 25.7 Å². The number of carbonyl (C=O) groups excluding carboxylic acids is 2. The lowest BCUT2D eigenvalue weighted by Crippen LogP contribution is -2.28. The van der Waals surface area contributed by atoms with Gasteiger partial charge in [0.1, 0.15) is 17.3 Å². The number of carbonyl (C=O) groups is 2. The Morgan fingerprint density at radius 1 is 1.06 bits per heavy atom. The van der Waals surface area contributed by atoms with Crippen LogP contribution >= 0.6 is 0 Å². The van der Waals surface area contributed by atoms with Crippen LogP contribution in [0.2, 0.25) is 0 Å². The van der Waals surface area contributed by atoms with Gasteiger partial charge in [-0.3, -0.25) is 9.59 Å². The first-order chi connectivity index (χ1) is 17.2. The molecule has 2 amide bonds. The van der Waals surface area contributed by atoms with Gasteiger partial charge in [-0.05, 0) is 42.3 Å². The first kappa shape index (κ1) is 24.6. The highest BCUT2D eigenvalue weighted by atomic mass is 19.4. The van der Waals surface area contributed by atoms with E-state index in [0.717, 1.165) is 28.6 Å². The lowest BCUT2D eigenvalue weighted by atomic mass is 10.1. The maximum absolute atomic E-state index is 12.2. The van der Waals surface area contributed by atoms with Crippen molar-refractivity contribution >= 4 is 22.7 Å². The number of aromatic nitrogens is 2. The molecule has 2 aromatic heterocycles. The van der Waals surface area contributed by atoms with Gasteiger partial charge in [0.2, 0.25) is 5.89 Å². The molecule has 4 rings (SSSR count). The number of hydrogen-bond donors (Lipinski definition) is 3. The molecular weight excluding hydrogens is 481 g/mol. The van der Waals surface area contributed by atoms with E-state index in [4.69, 9.17) is 14.9 Å². The van der Waals surface area contributed by atoms with E-state index in [1.807, 2.05) is 30.5 Å². The summed E-state index contributed by atoms with van der Waals surface area (Å²) < 4.78 is 51.3. The second-order valence-corrected chi connectivity index (χ2v) is 7.69. The van der Waals surface area contributed by atoms with Crippen LogP contribution in [0, 0.1) is 0 Å². The van der Waals surface area contributed by atoms with Crippen LogP contribution in [0.15, 0.2) is 59.1 Å². The number of nitrogens with two attached hydrogens (primary N) is 1. The van der Waals surface area contributed by atoms with Gasteiger partial charge in [-0.15, -0.1) is 13.2 Å². The van der Waals surface area contributed by atoms with Gasteiger partial charge < -0.3 is 29.9 Å². The number of halogens is 3. The number of fused-ring (bicyclic) bond motifs is 1. The molecule has 9 nitrogen and oxygen atoms in total. The Balaban J connectivity index is 1.30. The molecule has 0 unspecified atom stereocenters. The molecule has 0 aliphatic rings. The lowest BCUT2D eigenvalue weighted by Gasteiger charge is -2.10. The number of nitrogens with zero attached hydrogens (tertiary/aromatic N) is 1. The number of hydrogen-bond acceptors (Lipinski definition) is 6. The quantitative estimate of drug-likeness (QED) is 0.303. The fourth-order valence-electron chi connectivity index (χ4n) is 3.54. The molecule has 2 aromatic carbocycles. The van der Waals surface area contributed by atoms with Crippen molar-refractivity contribution < 1.29 is 36.7 Å². The van der Waals surface area contributed by atoms with Crippen molar-refractivity contribution in [1.29, 1.82) is 0 Å². The normalized spacial score (nSPS) is 11.4. The van der Waals surface area contributed by atoms with Crippen LogP contribution in [0.1, 0.15) is 27.7 Å². The second kappa shape index (κ2) is 10.4. The monoisotopic (exact) mass is 502 g/mol. The van der Waals surface area contributed by atoms with E-state index in [1.165, 1.54) is 12.1 Å². The molecule has 0 fully saturated rings. The highest BCUT2D eigenvalue weighted by Gasteiger charge is 2.31. The number of benzene rings is 2. The first-order valence-corrected chi connectivity index (χ1v) is 10.8. The molecule has 0 saturated heterocycles. The SMILES string of the molecule is NC(=O)c1nc(CNC(=O)COc2ccc(OC(F)(F)F)cc2)oc1CCc1c[nH]c2ccccc12. The standard InChI is InChI=1S/C24H21F3N4O5/c25-24(26,27)36-16-8-6-15(7-9-16)34-13-20(32)30-12-21-31-22(23(28)33)19(35-21)10-5-14-11-29-18-4-2-1-3-17(14)18/h1-4,6-9,11,29H,5,10,12-13H2,(H2,28,33)(H,30,32). The van der Waals surface area contributed by atoms with Gasteiger partial charge in [0, 0.05) is 23.5 Å². The summed E-state index contributed by atoms with van der Waals surface area (Å²) in [5.41, 5.74) is 7.47. The molecule has 0 aliphatic heterocycles. The zero-order valence-electron chi connectivity index (χ0n) is 18.7. The molecule has 2 heterocycles. The molecule has 12 heteroatoms. The van der Waals surface area contributed by atoms with Gasteiger partial charge in [0.25, 0.3) is 11.8 Å². The van der Waals surface area contributed by atoms with Crippen molar-refractivity contribution in [1.82, 2.24) is 15.3 Å². The third-order valence-electron chi connectivity index (χ3n) is 5.14. The summed E-state index contributed by atoms with van der Waals surface area (Å²) in [7, 11) is 0. The maximum atomic E-state index is 12.2. The molecule has 0 radical (unpaired) electrons. The zero-order chi connectivity index (χ0) is 25.7. The minimum atomic E-state index is -4.80. The predicted molar refractivity (Wildman–Crippen MR) is 121 cm³/mol. The third-order valence-corrected chi connectivity index (χ3v) is 5.14. The third kappa shape index (κ3) is 6.34. The molecule has 36 heavy (non-hydrogen) atoms. The highest BCUT2D eigenvalue weighted by Crippen LogP contribution is 2.25. The van der Waals surface area contributed by atoms with Crippen molar-refractivity contribution in [3.05, 3.63) is 77.6 Å². The van der Waals surface area contributed by atoms with Gasteiger partial charge in [0.15, 0.2) is 12.3 Å². The molecule has 0 aliphatic carbocycles. The molecule has 0 atom stereocenters. The summed E-state index contributed by atoms with van der Waals surface area (Å²) >= 11 is 0. The van der Waals surface area contributed by atoms with Crippen LogP contribution < -0.4 is 20.5 Å². The highest BCUT2D eigenvalue weighted by molar-refractivity contribution is 5.91. The van der Waals surface area contributed by atoms with Crippen LogP contribution in [0.3, 0.4) is 0 Å². The topological polar surface area (TPSA) is 132 Å². The number of alkyl halides is 3. The number of aryl methyl sites for hydroxylation is 2. The van der Waals surface area contributed by atoms with E-state index >= 15 is 0 Å². The van der Waals surface area contributed by atoms with Crippen LogP contribution in [0.25, 0.3) is 10.9 Å². The summed E-state index contributed by atoms with van der Waals surface area (Å²) in [5, 5.41) is 3.60. The van der Waals surface area contributed by atoms with Gasteiger partial charge >= 0.3 is 6.36 Å². The van der Waals surface area contributed by atoms with Crippen molar-refractivity contribution in [3.8, 4) is 11.5 Å². The van der Waals surface area contributed by atoms with Crippen LogP contribution in [0.5, 0.6) is 11.5 Å². The number of nitrogens with one attached hydrogen (secondary N) is 2.